The molecule has 0 aromatic heterocycles. The molecule has 1 amide bonds. The highest BCUT2D eigenvalue weighted by molar-refractivity contribution is 6.32. The lowest BCUT2D eigenvalue weighted by atomic mass is 9.99. The maximum atomic E-state index is 11.8. The minimum absolute atomic E-state index is 0.118. The predicted octanol–water partition coefficient (Wildman–Crippen LogP) is 5.30. The molecule has 0 heterocycles. The molecule has 28 heavy (non-hydrogen) atoms. The van der Waals surface area contributed by atoms with Gasteiger partial charge in [0, 0.05) is 11.3 Å². The van der Waals surface area contributed by atoms with E-state index in [4.69, 9.17) is 21.4 Å². The Kier molecular flexibility index (Phi) is 6.56. The Labute approximate surface area is 169 Å². The minimum atomic E-state index is -1.21. The molecule has 6 nitrogen and oxygen atoms in total. The molecule has 7 heteroatoms. The Morgan fingerprint density at radius 2 is 1.79 bits per heavy atom. The van der Waals surface area contributed by atoms with Gasteiger partial charge in [-0.05, 0) is 61.6 Å². The number of phenolic OH excluding ortho intramolecular Hbond substituents is 1. The van der Waals surface area contributed by atoms with Crippen molar-refractivity contribution in [3.63, 3.8) is 0 Å². The number of carboxylic acids is 1. The fraction of sp³-hybridized carbons (Fsp3) is 0.333. The molecule has 0 unspecified atom stereocenters. The molecule has 0 fully saturated rings. The Bertz CT molecular complexity index is 937. The van der Waals surface area contributed by atoms with E-state index < -0.39 is 18.3 Å². The zero-order chi connectivity index (χ0) is 21.2. The van der Waals surface area contributed by atoms with E-state index in [0.29, 0.717) is 22.7 Å². The highest BCUT2D eigenvalue weighted by Gasteiger charge is 2.18. The zero-order valence-electron chi connectivity index (χ0n) is 16.5. The normalized spacial score (nSPS) is 10.8. The summed E-state index contributed by atoms with van der Waals surface area (Å²) >= 11 is 6.38. The lowest BCUT2D eigenvalue weighted by molar-refractivity contribution is -0.139. The zero-order valence-corrected chi connectivity index (χ0v) is 17.3. The molecule has 0 bridgehead atoms. The van der Waals surface area contributed by atoms with E-state index in [1.165, 1.54) is 6.07 Å². The number of aliphatic carboxylic acids is 1. The number of amides is 1. The van der Waals surface area contributed by atoms with Crippen LogP contribution in [-0.2, 0) is 9.59 Å². The standard InChI is InChI=1S/C21H24ClNO5/c1-10(2)15-7-14(6-11(3)20(15)27)28-21-13(5)12(4)17(8-16(21)22)23-18(24)9-19(25)26/h6-8,10,27H,9H2,1-5H3,(H,23,24)(H,25,26). The van der Waals surface area contributed by atoms with Crippen LogP contribution in [0.5, 0.6) is 17.2 Å². The smallest absolute Gasteiger partial charge is 0.312 e. The number of benzene rings is 2. The van der Waals surface area contributed by atoms with Crippen LogP contribution in [0.3, 0.4) is 0 Å². The minimum Gasteiger partial charge on any atom is -0.507 e. The SMILES string of the molecule is Cc1cc(Oc2c(Cl)cc(NC(=O)CC(=O)O)c(C)c2C)cc(C(C)C)c1O. The van der Waals surface area contributed by atoms with Gasteiger partial charge >= 0.3 is 5.97 Å². The summed E-state index contributed by atoms with van der Waals surface area (Å²) < 4.78 is 6.02. The number of hydrogen-bond acceptors (Lipinski definition) is 4. The van der Waals surface area contributed by atoms with Gasteiger partial charge in [0.05, 0.1) is 5.02 Å². The Balaban J connectivity index is 2.39. The van der Waals surface area contributed by atoms with Crippen molar-refractivity contribution in [2.24, 2.45) is 0 Å². The maximum Gasteiger partial charge on any atom is 0.312 e. The molecule has 0 aliphatic rings. The number of ether oxygens (including phenoxy) is 1. The third kappa shape index (κ3) is 4.75. The van der Waals surface area contributed by atoms with Crippen molar-refractivity contribution in [1.29, 1.82) is 0 Å². The fourth-order valence-electron chi connectivity index (χ4n) is 2.83. The van der Waals surface area contributed by atoms with Crippen LogP contribution in [0, 0.1) is 20.8 Å². The number of rotatable bonds is 6. The van der Waals surface area contributed by atoms with Gasteiger partial charge in [-0.15, -0.1) is 0 Å². The van der Waals surface area contributed by atoms with Crippen LogP contribution in [0.25, 0.3) is 0 Å². The molecule has 0 aliphatic carbocycles. The summed E-state index contributed by atoms with van der Waals surface area (Å²) in [4.78, 5) is 22.4. The van der Waals surface area contributed by atoms with Gasteiger partial charge in [0.2, 0.25) is 5.91 Å². The van der Waals surface area contributed by atoms with E-state index in [1.54, 1.807) is 32.9 Å². The number of carbonyl (C=O) groups excluding carboxylic acids is 1. The number of halogens is 1. The third-order valence-electron chi connectivity index (χ3n) is 4.53. The number of nitrogens with one attached hydrogen (secondary N) is 1. The quantitative estimate of drug-likeness (QED) is 0.566. The van der Waals surface area contributed by atoms with Crippen molar-refractivity contribution in [2.45, 2.75) is 47.0 Å². The predicted molar refractivity (Wildman–Crippen MR) is 109 cm³/mol. The molecule has 0 atom stereocenters. The first-order valence-corrected chi connectivity index (χ1v) is 9.21. The molecule has 0 saturated heterocycles. The second-order valence-corrected chi connectivity index (χ2v) is 7.45. The largest absolute Gasteiger partial charge is 0.507 e. The Morgan fingerprint density at radius 1 is 1.14 bits per heavy atom. The Morgan fingerprint density at radius 3 is 2.36 bits per heavy atom. The third-order valence-corrected chi connectivity index (χ3v) is 4.81. The summed E-state index contributed by atoms with van der Waals surface area (Å²) in [6.07, 6.45) is -0.626. The number of anilines is 1. The summed E-state index contributed by atoms with van der Waals surface area (Å²) in [6.45, 7) is 9.36. The second kappa shape index (κ2) is 8.52. The summed E-state index contributed by atoms with van der Waals surface area (Å²) in [7, 11) is 0. The maximum absolute atomic E-state index is 11.8. The molecule has 0 saturated carbocycles. The van der Waals surface area contributed by atoms with E-state index in [1.807, 2.05) is 13.8 Å². The number of phenols is 1. The van der Waals surface area contributed by atoms with Crippen LogP contribution in [0.4, 0.5) is 5.69 Å². The van der Waals surface area contributed by atoms with E-state index in [-0.39, 0.29) is 16.7 Å². The van der Waals surface area contributed by atoms with Gasteiger partial charge in [-0.25, -0.2) is 0 Å². The van der Waals surface area contributed by atoms with E-state index >= 15 is 0 Å². The molecule has 3 N–H and O–H groups in total. The van der Waals surface area contributed by atoms with Crippen LogP contribution in [0.15, 0.2) is 18.2 Å². The van der Waals surface area contributed by atoms with Crippen LogP contribution < -0.4 is 10.1 Å². The highest BCUT2D eigenvalue weighted by atomic mass is 35.5. The van der Waals surface area contributed by atoms with Crippen molar-refractivity contribution in [2.75, 3.05) is 5.32 Å². The summed E-state index contributed by atoms with van der Waals surface area (Å²) in [5.41, 5.74) is 3.35. The van der Waals surface area contributed by atoms with Crippen LogP contribution in [-0.4, -0.2) is 22.1 Å². The molecule has 0 radical (unpaired) electrons. The number of aromatic hydroxyl groups is 1. The molecule has 2 aromatic carbocycles. The van der Waals surface area contributed by atoms with Crippen molar-refractivity contribution in [3.05, 3.63) is 45.5 Å². The lowest BCUT2D eigenvalue weighted by Gasteiger charge is -2.18. The topological polar surface area (TPSA) is 95.9 Å². The summed E-state index contributed by atoms with van der Waals surface area (Å²) in [5.74, 6) is -0.483. The van der Waals surface area contributed by atoms with E-state index in [2.05, 4.69) is 5.32 Å². The number of carboxylic acid groups (broad SMARTS) is 1. The van der Waals surface area contributed by atoms with Crippen molar-refractivity contribution in [3.8, 4) is 17.2 Å². The van der Waals surface area contributed by atoms with Gasteiger partial charge in [-0.3, -0.25) is 9.59 Å². The van der Waals surface area contributed by atoms with E-state index in [0.717, 1.165) is 16.7 Å². The highest BCUT2D eigenvalue weighted by Crippen LogP contribution is 2.40. The van der Waals surface area contributed by atoms with Crippen molar-refractivity contribution >= 4 is 29.2 Å². The molecular formula is C21H24ClNO5. The first kappa shape index (κ1) is 21.6. The van der Waals surface area contributed by atoms with E-state index in [9.17, 15) is 14.7 Å². The Hall–Kier alpha value is -2.73. The molecular weight excluding hydrogens is 382 g/mol. The first-order chi connectivity index (χ1) is 13.0. The average Bonchev–Trinajstić information content (AvgIpc) is 2.58. The van der Waals surface area contributed by atoms with Gasteiger partial charge in [0.15, 0.2) is 0 Å². The molecule has 0 aliphatic heterocycles. The van der Waals surface area contributed by atoms with Gasteiger partial charge in [-0.2, -0.15) is 0 Å². The van der Waals surface area contributed by atoms with Crippen LogP contribution in [0.1, 0.15) is 48.4 Å². The van der Waals surface area contributed by atoms with Crippen LogP contribution >= 0.6 is 11.6 Å². The molecule has 2 rings (SSSR count). The molecule has 0 spiro atoms. The van der Waals surface area contributed by atoms with Gasteiger partial charge in [-0.1, -0.05) is 25.4 Å². The number of carbonyl (C=O) groups is 2. The van der Waals surface area contributed by atoms with Gasteiger partial charge in [0.1, 0.15) is 23.7 Å². The van der Waals surface area contributed by atoms with Crippen molar-refractivity contribution in [1.82, 2.24) is 0 Å². The number of aryl methyl sites for hydroxylation is 1. The molecule has 150 valence electrons. The average molecular weight is 406 g/mol. The monoisotopic (exact) mass is 405 g/mol. The number of hydrogen-bond donors (Lipinski definition) is 3. The first-order valence-electron chi connectivity index (χ1n) is 8.84. The summed E-state index contributed by atoms with van der Waals surface area (Å²) in [6, 6.07) is 5.05. The fourth-order valence-corrected chi connectivity index (χ4v) is 3.12. The van der Waals surface area contributed by atoms with Crippen LogP contribution in [0.2, 0.25) is 5.02 Å². The molecule has 2 aromatic rings. The lowest BCUT2D eigenvalue weighted by Crippen LogP contribution is -2.17. The van der Waals surface area contributed by atoms with Crippen molar-refractivity contribution < 1.29 is 24.5 Å². The van der Waals surface area contributed by atoms with Gasteiger partial charge < -0.3 is 20.3 Å². The van der Waals surface area contributed by atoms with Gasteiger partial charge in [0.25, 0.3) is 0 Å². The summed E-state index contributed by atoms with van der Waals surface area (Å²) in [5, 5.41) is 21.8. The second-order valence-electron chi connectivity index (χ2n) is 7.04.